The average molecular weight is 468 g/mol. The van der Waals surface area contributed by atoms with Gasteiger partial charge in [-0.25, -0.2) is 0 Å². The van der Waals surface area contributed by atoms with Crippen molar-refractivity contribution in [2.45, 2.75) is 43.9 Å². The number of amides is 2. The molecule has 1 spiro atoms. The molecule has 0 bridgehead atoms. The van der Waals surface area contributed by atoms with Crippen LogP contribution in [-0.2, 0) is 26.3 Å². The number of ether oxygens (including phenoxy) is 1. The number of hydrogen-bond donors (Lipinski definition) is 2. The van der Waals surface area contributed by atoms with Crippen LogP contribution in [0.15, 0.2) is 48.5 Å². The van der Waals surface area contributed by atoms with E-state index in [1.807, 2.05) is 18.4 Å². The van der Waals surface area contributed by atoms with Gasteiger partial charge in [-0.1, -0.05) is 36.4 Å². The number of thioether (sulfide) groups is 1. The standard InChI is InChI=1S/C26H33N3O3S/c1-18(30)27-20-10-8-19(9-11-20)16-29-14-12-26(13-15-29)22-7-5-4-6-21(22)24(25(26)32-2)28-23(31)17-33-3/h4-11,24-25H,12-17H2,1-3H3,(H,27,30)(H,28,31)/t24-,25+/m1/s1. The van der Waals surface area contributed by atoms with Crippen molar-refractivity contribution in [2.75, 3.05) is 37.5 Å². The van der Waals surface area contributed by atoms with Gasteiger partial charge in [0, 0.05) is 31.7 Å². The van der Waals surface area contributed by atoms with Gasteiger partial charge in [-0.05, 0) is 61.0 Å². The number of fused-ring (bicyclic) bond motifs is 2. The molecule has 2 atom stereocenters. The summed E-state index contributed by atoms with van der Waals surface area (Å²) in [5.41, 5.74) is 4.49. The van der Waals surface area contributed by atoms with Gasteiger partial charge < -0.3 is 15.4 Å². The van der Waals surface area contributed by atoms with E-state index in [0.29, 0.717) is 5.75 Å². The van der Waals surface area contributed by atoms with E-state index in [9.17, 15) is 9.59 Å². The number of benzene rings is 2. The maximum absolute atomic E-state index is 12.5. The predicted octanol–water partition coefficient (Wildman–Crippen LogP) is 3.73. The summed E-state index contributed by atoms with van der Waals surface area (Å²) < 4.78 is 6.10. The Hall–Kier alpha value is -2.35. The zero-order valence-corrected chi connectivity index (χ0v) is 20.4. The molecule has 6 nitrogen and oxygen atoms in total. The molecular formula is C26H33N3O3S. The molecule has 1 aliphatic heterocycles. The van der Waals surface area contributed by atoms with Crippen molar-refractivity contribution in [1.29, 1.82) is 0 Å². The highest BCUT2D eigenvalue weighted by Crippen LogP contribution is 2.52. The molecular weight excluding hydrogens is 434 g/mol. The molecule has 2 aliphatic rings. The molecule has 1 aliphatic carbocycles. The van der Waals surface area contributed by atoms with Crippen LogP contribution in [-0.4, -0.2) is 55.0 Å². The number of piperidine rings is 1. The fourth-order valence-corrected chi connectivity index (χ4v) is 5.88. The van der Waals surface area contributed by atoms with E-state index in [-0.39, 0.29) is 29.4 Å². The number of nitrogens with one attached hydrogen (secondary N) is 2. The lowest BCUT2D eigenvalue weighted by atomic mass is 9.72. The summed E-state index contributed by atoms with van der Waals surface area (Å²) in [5.74, 6) is 0.453. The number of methoxy groups -OCH3 is 1. The third kappa shape index (κ3) is 4.95. The molecule has 0 radical (unpaired) electrons. The van der Waals surface area contributed by atoms with Crippen molar-refractivity contribution in [3.05, 3.63) is 65.2 Å². The zero-order valence-electron chi connectivity index (χ0n) is 19.6. The Kier molecular flexibility index (Phi) is 7.41. The monoisotopic (exact) mass is 467 g/mol. The maximum Gasteiger partial charge on any atom is 0.230 e. The summed E-state index contributed by atoms with van der Waals surface area (Å²) >= 11 is 1.53. The highest BCUT2D eigenvalue weighted by molar-refractivity contribution is 7.99. The van der Waals surface area contributed by atoms with E-state index in [0.717, 1.165) is 38.2 Å². The first kappa shape index (κ1) is 23.8. The minimum Gasteiger partial charge on any atom is -0.378 e. The van der Waals surface area contributed by atoms with Crippen LogP contribution in [0, 0.1) is 0 Å². The third-order valence-electron chi connectivity index (χ3n) is 6.95. The number of nitrogens with zero attached hydrogens (tertiary/aromatic N) is 1. The molecule has 1 heterocycles. The highest BCUT2D eigenvalue weighted by Gasteiger charge is 2.53. The molecule has 2 aromatic rings. The van der Waals surface area contributed by atoms with Gasteiger partial charge in [0.2, 0.25) is 11.8 Å². The van der Waals surface area contributed by atoms with Gasteiger partial charge in [-0.2, -0.15) is 11.8 Å². The Balaban J connectivity index is 1.48. The topological polar surface area (TPSA) is 70.7 Å². The first-order chi connectivity index (χ1) is 16.0. The van der Waals surface area contributed by atoms with E-state index < -0.39 is 0 Å². The van der Waals surface area contributed by atoms with Gasteiger partial charge in [-0.15, -0.1) is 0 Å². The van der Waals surface area contributed by atoms with Gasteiger partial charge in [0.25, 0.3) is 0 Å². The Bertz CT molecular complexity index is 987. The summed E-state index contributed by atoms with van der Waals surface area (Å²) in [6.45, 7) is 4.33. The molecule has 2 aromatic carbocycles. The molecule has 7 heteroatoms. The lowest BCUT2D eigenvalue weighted by Gasteiger charge is -2.44. The molecule has 0 aromatic heterocycles. The number of hydrogen-bond acceptors (Lipinski definition) is 5. The van der Waals surface area contributed by atoms with Crippen molar-refractivity contribution in [2.24, 2.45) is 0 Å². The number of rotatable bonds is 7. The molecule has 0 unspecified atom stereocenters. The fraction of sp³-hybridized carbons (Fsp3) is 0.462. The van der Waals surface area contributed by atoms with Gasteiger partial charge in [-0.3, -0.25) is 14.5 Å². The largest absolute Gasteiger partial charge is 0.378 e. The predicted molar refractivity (Wildman–Crippen MR) is 133 cm³/mol. The van der Waals surface area contributed by atoms with E-state index in [1.165, 1.54) is 35.4 Å². The van der Waals surface area contributed by atoms with E-state index >= 15 is 0 Å². The second kappa shape index (κ2) is 10.3. The quantitative estimate of drug-likeness (QED) is 0.649. The number of anilines is 1. The summed E-state index contributed by atoms with van der Waals surface area (Å²) in [6.07, 6.45) is 3.85. The molecule has 2 amide bonds. The number of carbonyl (C=O) groups excluding carboxylic acids is 2. The van der Waals surface area contributed by atoms with Gasteiger partial charge in [0.15, 0.2) is 0 Å². The summed E-state index contributed by atoms with van der Waals surface area (Å²) in [6, 6.07) is 16.5. The second-order valence-corrected chi connectivity index (χ2v) is 9.90. The van der Waals surface area contributed by atoms with Crippen LogP contribution in [0.3, 0.4) is 0 Å². The van der Waals surface area contributed by atoms with Crippen LogP contribution in [0.4, 0.5) is 5.69 Å². The minimum atomic E-state index is -0.112. The first-order valence-corrected chi connectivity index (χ1v) is 12.9. The normalized spacial score (nSPS) is 21.5. The molecule has 1 fully saturated rings. The van der Waals surface area contributed by atoms with Crippen LogP contribution < -0.4 is 10.6 Å². The maximum atomic E-state index is 12.5. The number of carbonyl (C=O) groups is 2. The van der Waals surface area contributed by atoms with Crippen LogP contribution in [0.25, 0.3) is 0 Å². The smallest absolute Gasteiger partial charge is 0.230 e. The average Bonchev–Trinajstić information content (AvgIpc) is 3.05. The number of likely N-dealkylation sites (tertiary alicyclic amines) is 1. The van der Waals surface area contributed by atoms with E-state index in [2.05, 4.69) is 51.9 Å². The first-order valence-electron chi connectivity index (χ1n) is 11.5. The van der Waals surface area contributed by atoms with Gasteiger partial charge in [0.05, 0.1) is 17.9 Å². The third-order valence-corrected chi connectivity index (χ3v) is 7.51. The highest BCUT2D eigenvalue weighted by atomic mass is 32.2. The SMILES string of the molecule is CO[C@H]1[C@H](NC(=O)CSC)c2ccccc2C12CCN(Cc1ccc(NC(C)=O)cc1)CC2. The molecule has 0 saturated carbocycles. The lowest BCUT2D eigenvalue weighted by Crippen LogP contribution is -2.50. The Morgan fingerprint density at radius 3 is 2.45 bits per heavy atom. The van der Waals surface area contributed by atoms with Crippen molar-refractivity contribution < 1.29 is 14.3 Å². The molecule has 4 rings (SSSR count). The molecule has 176 valence electrons. The summed E-state index contributed by atoms with van der Waals surface area (Å²) in [7, 11) is 1.77. The summed E-state index contributed by atoms with van der Waals surface area (Å²) in [4.78, 5) is 26.2. The van der Waals surface area contributed by atoms with E-state index in [1.54, 1.807) is 7.11 Å². The van der Waals surface area contributed by atoms with Crippen molar-refractivity contribution in [1.82, 2.24) is 10.2 Å². The Morgan fingerprint density at radius 1 is 1.12 bits per heavy atom. The second-order valence-electron chi connectivity index (χ2n) is 9.03. The van der Waals surface area contributed by atoms with Gasteiger partial charge >= 0.3 is 0 Å². The Morgan fingerprint density at radius 2 is 1.82 bits per heavy atom. The van der Waals surface area contributed by atoms with Crippen molar-refractivity contribution in [3.8, 4) is 0 Å². The van der Waals surface area contributed by atoms with Crippen LogP contribution in [0.5, 0.6) is 0 Å². The van der Waals surface area contributed by atoms with Crippen LogP contribution >= 0.6 is 11.8 Å². The molecule has 2 N–H and O–H groups in total. The van der Waals surface area contributed by atoms with Crippen molar-refractivity contribution >= 4 is 29.3 Å². The minimum absolute atomic E-state index is 0.0570. The van der Waals surface area contributed by atoms with E-state index in [4.69, 9.17) is 4.74 Å². The van der Waals surface area contributed by atoms with Crippen molar-refractivity contribution in [3.63, 3.8) is 0 Å². The van der Waals surface area contributed by atoms with Crippen LogP contribution in [0.2, 0.25) is 0 Å². The van der Waals surface area contributed by atoms with Gasteiger partial charge in [0.1, 0.15) is 0 Å². The molecule has 33 heavy (non-hydrogen) atoms. The summed E-state index contributed by atoms with van der Waals surface area (Å²) in [5, 5.41) is 6.07. The van der Waals surface area contributed by atoms with Crippen LogP contribution in [0.1, 0.15) is 42.5 Å². The Labute approximate surface area is 200 Å². The zero-order chi connectivity index (χ0) is 23.4. The molecule has 1 saturated heterocycles. The fourth-order valence-electron chi connectivity index (χ4n) is 5.54. The lowest BCUT2D eigenvalue weighted by molar-refractivity contribution is -0.121.